The van der Waals surface area contributed by atoms with E-state index in [2.05, 4.69) is 19.9 Å². The molecule has 0 amide bonds. The van der Waals surface area contributed by atoms with E-state index in [0.717, 1.165) is 36.0 Å². The van der Waals surface area contributed by atoms with Gasteiger partial charge in [-0.3, -0.25) is 0 Å². The lowest BCUT2D eigenvalue weighted by atomic mass is 9.91. The SMILES string of the molecule is CCC(C)C1=CC=C(OC(=O)COc2c(COC)cc(C)cc2COC)CC1. The minimum absolute atomic E-state index is 0.157. The minimum Gasteiger partial charge on any atom is -0.481 e. The standard InChI is InChI=1S/C23H32O5/c1-6-17(3)18-7-9-21(10-8-18)28-22(24)15-27-23-19(13-25-4)11-16(2)12-20(23)14-26-5/h7,9,11-12,17H,6,8,10,13-15H2,1-5H3. The molecule has 0 N–H and O–H groups in total. The van der Waals surface area contributed by atoms with Gasteiger partial charge in [0, 0.05) is 31.8 Å². The van der Waals surface area contributed by atoms with Gasteiger partial charge in [0.25, 0.3) is 0 Å². The van der Waals surface area contributed by atoms with E-state index in [1.165, 1.54) is 5.57 Å². The largest absolute Gasteiger partial charge is 0.481 e. The van der Waals surface area contributed by atoms with Crippen molar-refractivity contribution in [3.63, 3.8) is 0 Å². The molecule has 1 aromatic carbocycles. The Balaban J connectivity index is 2.03. The summed E-state index contributed by atoms with van der Waals surface area (Å²) in [5.74, 6) is 1.48. The molecule has 0 saturated heterocycles. The Hall–Kier alpha value is -2.11. The average Bonchev–Trinajstić information content (AvgIpc) is 2.67. The van der Waals surface area contributed by atoms with Crippen molar-refractivity contribution in [2.45, 2.75) is 53.2 Å². The number of benzene rings is 1. The molecule has 0 aromatic heterocycles. The number of carbonyl (C=O) groups excluding carboxylic acids is 1. The quantitative estimate of drug-likeness (QED) is 0.536. The van der Waals surface area contributed by atoms with Gasteiger partial charge in [-0.05, 0) is 31.8 Å². The molecule has 1 aliphatic carbocycles. The zero-order valence-corrected chi connectivity index (χ0v) is 17.7. The normalized spacial score (nSPS) is 14.9. The summed E-state index contributed by atoms with van der Waals surface area (Å²) in [5, 5.41) is 0. The first-order valence-corrected chi connectivity index (χ1v) is 9.81. The highest BCUT2D eigenvalue weighted by Crippen LogP contribution is 2.29. The molecule has 0 radical (unpaired) electrons. The third-order valence-corrected chi connectivity index (χ3v) is 4.95. The highest BCUT2D eigenvalue weighted by molar-refractivity contribution is 5.72. The number of aryl methyl sites for hydroxylation is 1. The molecular weight excluding hydrogens is 356 g/mol. The number of hydrogen-bond donors (Lipinski definition) is 0. The number of rotatable bonds is 10. The Kier molecular flexibility index (Phi) is 8.74. The van der Waals surface area contributed by atoms with Gasteiger partial charge in [0.15, 0.2) is 6.61 Å². The number of carbonyl (C=O) groups is 1. The Bertz CT molecular complexity index is 706. The Morgan fingerprint density at radius 2 is 1.71 bits per heavy atom. The molecule has 5 nitrogen and oxygen atoms in total. The fourth-order valence-corrected chi connectivity index (χ4v) is 3.34. The maximum absolute atomic E-state index is 12.3. The molecule has 0 bridgehead atoms. The van der Waals surface area contributed by atoms with Crippen molar-refractivity contribution < 1.29 is 23.7 Å². The highest BCUT2D eigenvalue weighted by Gasteiger charge is 2.17. The first-order chi connectivity index (χ1) is 13.5. The fourth-order valence-electron chi connectivity index (χ4n) is 3.34. The van der Waals surface area contributed by atoms with Gasteiger partial charge in [-0.25, -0.2) is 4.79 Å². The molecule has 0 heterocycles. The van der Waals surface area contributed by atoms with Crippen LogP contribution in [-0.2, 0) is 32.2 Å². The van der Waals surface area contributed by atoms with Crippen LogP contribution < -0.4 is 4.74 Å². The van der Waals surface area contributed by atoms with E-state index in [1.54, 1.807) is 14.2 Å². The molecule has 0 spiro atoms. The van der Waals surface area contributed by atoms with E-state index < -0.39 is 5.97 Å². The number of ether oxygens (including phenoxy) is 4. The molecule has 0 fully saturated rings. The van der Waals surface area contributed by atoms with Crippen LogP contribution in [0.25, 0.3) is 0 Å². The summed E-state index contributed by atoms with van der Waals surface area (Å²) < 4.78 is 21.9. The van der Waals surface area contributed by atoms with Crippen molar-refractivity contribution >= 4 is 5.97 Å². The van der Waals surface area contributed by atoms with Gasteiger partial charge < -0.3 is 18.9 Å². The summed E-state index contributed by atoms with van der Waals surface area (Å²) in [6.45, 7) is 7.06. The van der Waals surface area contributed by atoms with Gasteiger partial charge in [-0.15, -0.1) is 0 Å². The molecule has 5 heteroatoms. The number of hydrogen-bond acceptors (Lipinski definition) is 5. The molecule has 1 atom stereocenters. The van der Waals surface area contributed by atoms with E-state index in [-0.39, 0.29) is 6.61 Å². The zero-order valence-electron chi connectivity index (χ0n) is 17.7. The molecular formula is C23H32O5. The van der Waals surface area contributed by atoms with Gasteiger partial charge in [0.05, 0.1) is 13.2 Å². The molecule has 0 aliphatic heterocycles. The van der Waals surface area contributed by atoms with Crippen molar-refractivity contribution in [1.29, 1.82) is 0 Å². The van der Waals surface area contributed by atoms with E-state index in [0.29, 0.717) is 30.6 Å². The van der Waals surface area contributed by atoms with E-state index >= 15 is 0 Å². The topological polar surface area (TPSA) is 54.0 Å². The van der Waals surface area contributed by atoms with E-state index in [1.807, 2.05) is 25.1 Å². The molecule has 0 saturated carbocycles. The maximum atomic E-state index is 12.3. The summed E-state index contributed by atoms with van der Waals surface area (Å²) in [7, 11) is 3.26. The van der Waals surface area contributed by atoms with Crippen LogP contribution in [0.3, 0.4) is 0 Å². The first kappa shape index (κ1) is 22.2. The smallest absolute Gasteiger partial charge is 0.349 e. The molecule has 1 aliphatic rings. The van der Waals surface area contributed by atoms with Crippen molar-refractivity contribution in [2.24, 2.45) is 5.92 Å². The van der Waals surface area contributed by atoms with Gasteiger partial charge in [-0.2, -0.15) is 0 Å². The average molecular weight is 389 g/mol. The Morgan fingerprint density at radius 3 is 2.21 bits per heavy atom. The first-order valence-electron chi connectivity index (χ1n) is 9.81. The van der Waals surface area contributed by atoms with Crippen LogP contribution in [0.2, 0.25) is 0 Å². The zero-order chi connectivity index (χ0) is 20.5. The predicted molar refractivity (Wildman–Crippen MR) is 109 cm³/mol. The second-order valence-electron chi connectivity index (χ2n) is 7.22. The summed E-state index contributed by atoms with van der Waals surface area (Å²) in [6.07, 6.45) is 6.78. The molecule has 1 aromatic rings. The van der Waals surface area contributed by atoms with Crippen molar-refractivity contribution in [1.82, 2.24) is 0 Å². The third-order valence-electron chi connectivity index (χ3n) is 4.95. The number of methoxy groups -OCH3 is 2. The summed E-state index contributed by atoms with van der Waals surface area (Å²) in [6, 6.07) is 3.99. The van der Waals surface area contributed by atoms with E-state index in [4.69, 9.17) is 18.9 Å². The second kappa shape index (κ2) is 11.0. The Morgan fingerprint density at radius 1 is 1.07 bits per heavy atom. The van der Waals surface area contributed by atoms with Crippen LogP contribution in [0.1, 0.15) is 49.8 Å². The van der Waals surface area contributed by atoms with Crippen LogP contribution in [0.4, 0.5) is 0 Å². The van der Waals surface area contributed by atoms with Gasteiger partial charge >= 0.3 is 5.97 Å². The highest BCUT2D eigenvalue weighted by atomic mass is 16.6. The van der Waals surface area contributed by atoms with Gasteiger partial charge in [-0.1, -0.05) is 43.2 Å². The van der Waals surface area contributed by atoms with Gasteiger partial charge in [0.2, 0.25) is 0 Å². The van der Waals surface area contributed by atoms with Crippen LogP contribution >= 0.6 is 0 Å². The fraction of sp³-hybridized carbons (Fsp3) is 0.522. The summed E-state index contributed by atoms with van der Waals surface area (Å²) >= 11 is 0. The Labute approximate surface area is 168 Å². The summed E-state index contributed by atoms with van der Waals surface area (Å²) in [4.78, 5) is 12.3. The predicted octanol–water partition coefficient (Wildman–Crippen LogP) is 4.86. The van der Waals surface area contributed by atoms with Crippen LogP contribution in [0, 0.1) is 12.8 Å². The van der Waals surface area contributed by atoms with Crippen LogP contribution in [-0.4, -0.2) is 26.8 Å². The minimum atomic E-state index is -0.404. The summed E-state index contributed by atoms with van der Waals surface area (Å²) in [5.41, 5.74) is 4.28. The lowest BCUT2D eigenvalue weighted by Gasteiger charge is -2.19. The van der Waals surface area contributed by atoms with Crippen LogP contribution in [0.15, 0.2) is 35.6 Å². The van der Waals surface area contributed by atoms with Crippen molar-refractivity contribution in [3.05, 3.63) is 52.3 Å². The van der Waals surface area contributed by atoms with Crippen molar-refractivity contribution in [3.8, 4) is 5.75 Å². The lowest BCUT2D eigenvalue weighted by Crippen LogP contribution is -2.17. The second-order valence-corrected chi connectivity index (χ2v) is 7.22. The van der Waals surface area contributed by atoms with E-state index in [9.17, 15) is 4.79 Å². The van der Waals surface area contributed by atoms with Crippen molar-refractivity contribution in [2.75, 3.05) is 20.8 Å². The van der Waals surface area contributed by atoms with Gasteiger partial charge in [0.1, 0.15) is 11.5 Å². The number of allylic oxidation sites excluding steroid dienone is 4. The number of esters is 1. The van der Waals surface area contributed by atoms with Crippen LogP contribution in [0.5, 0.6) is 5.75 Å². The molecule has 28 heavy (non-hydrogen) atoms. The third kappa shape index (κ3) is 6.21. The molecule has 2 rings (SSSR count). The molecule has 1 unspecified atom stereocenters. The monoisotopic (exact) mass is 388 g/mol. The maximum Gasteiger partial charge on any atom is 0.349 e. The molecule has 154 valence electrons. The lowest BCUT2D eigenvalue weighted by molar-refractivity contribution is -0.142.